The van der Waals surface area contributed by atoms with Crippen LogP contribution in [0.2, 0.25) is 5.02 Å². The van der Waals surface area contributed by atoms with Gasteiger partial charge < -0.3 is 9.59 Å². The number of benzene rings is 1. The molecule has 0 aliphatic rings. The van der Waals surface area contributed by atoms with Crippen molar-refractivity contribution in [1.29, 1.82) is 0 Å². The zero-order chi connectivity index (χ0) is 20.5. The Bertz CT molecular complexity index is 450. The lowest BCUT2D eigenvalue weighted by atomic mass is 10.1. The van der Waals surface area contributed by atoms with Crippen LogP contribution >= 0.6 is 11.6 Å². The smallest absolute Gasteiger partial charge is 0.335 e. The van der Waals surface area contributed by atoms with Gasteiger partial charge in [-0.25, -0.2) is 4.79 Å². The van der Waals surface area contributed by atoms with Crippen molar-refractivity contribution in [2.24, 2.45) is 0 Å². The monoisotopic (exact) mass is 398 g/mol. The summed E-state index contributed by atoms with van der Waals surface area (Å²) in [6.07, 6.45) is 11.1. The molecule has 0 atom stereocenters. The number of halogens is 1. The maximum Gasteiger partial charge on any atom is 0.335 e. The van der Waals surface area contributed by atoms with Crippen LogP contribution in [0.5, 0.6) is 0 Å². The number of carbonyl (C=O) groups is 1. The fourth-order valence-corrected chi connectivity index (χ4v) is 3.36. The minimum atomic E-state index is -0.934. The van der Waals surface area contributed by atoms with E-state index in [0.717, 1.165) is 0 Å². The summed E-state index contributed by atoms with van der Waals surface area (Å²) < 4.78 is 1.42. The number of carboxylic acids is 1. The first-order chi connectivity index (χ1) is 12.9. The Morgan fingerprint density at radius 2 is 1.11 bits per heavy atom. The van der Waals surface area contributed by atoms with E-state index in [1.165, 1.54) is 94.2 Å². The number of aromatic carboxylic acids is 1. The SMILES string of the molecule is CCCC[N+](CCCC)(CCCC)CCCC.O=C(O)c1ccc(Cl)cc1. The van der Waals surface area contributed by atoms with Gasteiger partial charge in [0.05, 0.1) is 31.7 Å². The second-order valence-electron chi connectivity index (χ2n) is 7.46. The normalized spacial score (nSPS) is 11.0. The topological polar surface area (TPSA) is 37.3 Å². The van der Waals surface area contributed by atoms with E-state index >= 15 is 0 Å². The lowest BCUT2D eigenvalue weighted by molar-refractivity contribution is -0.929. The number of quaternary nitrogens is 1. The Balaban J connectivity index is 0.000000569. The molecular formula is C23H41ClNO2+. The van der Waals surface area contributed by atoms with Crippen molar-refractivity contribution in [2.45, 2.75) is 79.1 Å². The summed E-state index contributed by atoms with van der Waals surface area (Å²) in [5.74, 6) is -0.934. The van der Waals surface area contributed by atoms with Gasteiger partial charge in [-0.15, -0.1) is 0 Å². The molecule has 1 aromatic rings. The molecule has 4 heteroatoms. The Morgan fingerprint density at radius 1 is 0.778 bits per heavy atom. The molecule has 0 amide bonds. The molecule has 0 aliphatic heterocycles. The molecule has 156 valence electrons. The fraction of sp³-hybridized carbons (Fsp3) is 0.696. The van der Waals surface area contributed by atoms with Crippen LogP contribution in [0.1, 0.15) is 89.4 Å². The van der Waals surface area contributed by atoms with Crippen LogP contribution in [-0.4, -0.2) is 41.7 Å². The summed E-state index contributed by atoms with van der Waals surface area (Å²) in [7, 11) is 0. The first-order valence-corrected chi connectivity index (χ1v) is 11.2. The zero-order valence-corrected chi connectivity index (χ0v) is 18.7. The van der Waals surface area contributed by atoms with Crippen LogP contribution in [0, 0.1) is 0 Å². The maximum atomic E-state index is 10.3. The van der Waals surface area contributed by atoms with E-state index in [0.29, 0.717) is 5.02 Å². The predicted octanol–water partition coefficient (Wildman–Crippen LogP) is 7.04. The van der Waals surface area contributed by atoms with Crippen molar-refractivity contribution in [2.75, 3.05) is 26.2 Å². The van der Waals surface area contributed by atoms with Gasteiger partial charge in [0.1, 0.15) is 0 Å². The van der Waals surface area contributed by atoms with Crippen molar-refractivity contribution in [1.82, 2.24) is 0 Å². The molecule has 0 aromatic heterocycles. The summed E-state index contributed by atoms with van der Waals surface area (Å²) >= 11 is 5.52. The van der Waals surface area contributed by atoms with Crippen LogP contribution < -0.4 is 0 Å². The van der Waals surface area contributed by atoms with Gasteiger partial charge >= 0.3 is 5.97 Å². The first kappa shape index (κ1) is 25.9. The molecule has 0 radical (unpaired) electrons. The van der Waals surface area contributed by atoms with Crippen LogP contribution in [0.4, 0.5) is 0 Å². The van der Waals surface area contributed by atoms with Crippen molar-refractivity contribution in [3.8, 4) is 0 Å². The first-order valence-electron chi connectivity index (χ1n) is 10.8. The maximum absolute atomic E-state index is 10.3. The van der Waals surface area contributed by atoms with Crippen molar-refractivity contribution >= 4 is 17.6 Å². The highest BCUT2D eigenvalue weighted by Crippen LogP contribution is 2.16. The van der Waals surface area contributed by atoms with Gasteiger partial charge in [0.15, 0.2) is 0 Å². The Morgan fingerprint density at radius 3 is 1.37 bits per heavy atom. The average molecular weight is 399 g/mol. The van der Waals surface area contributed by atoms with E-state index < -0.39 is 5.97 Å². The number of rotatable bonds is 13. The Labute approximate surface area is 172 Å². The van der Waals surface area contributed by atoms with Crippen LogP contribution in [0.15, 0.2) is 24.3 Å². The highest BCUT2D eigenvalue weighted by Gasteiger charge is 2.24. The minimum Gasteiger partial charge on any atom is -0.478 e. The predicted molar refractivity (Wildman–Crippen MR) is 118 cm³/mol. The summed E-state index contributed by atoms with van der Waals surface area (Å²) in [6, 6.07) is 6.02. The Kier molecular flexibility index (Phi) is 15.3. The summed E-state index contributed by atoms with van der Waals surface area (Å²) in [6.45, 7) is 15.0. The van der Waals surface area contributed by atoms with Gasteiger partial charge in [-0.1, -0.05) is 65.0 Å². The lowest BCUT2D eigenvalue weighted by Crippen LogP contribution is -2.50. The highest BCUT2D eigenvalue weighted by atomic mass is 35.5. The molecule has 1 aromatic carbocycles. The standard InChI is InChI=1S/C16H36N.C7H5ClO2/c1-5-9-13-17(14-10-6-2,15-11-7-3)16-12-8-4;8-6-3-1-5(2-4-6)7(9)10/h5-16H2,1-4H3;1-4H,(H,9,10)/q+1;. The second-order valence-corrected chi connectivity index (χ2v) is 7.90. The molecule has 1 rings (SSSR count). The zero-order valence-electron chi connectivity index (χ0n) is 18.0. The van der Waals surface area contributed by atoms with Crippen LogP contribution in [0.25, 0.3) is 0 Å². The third kappa shape index (κ3) is 12.1. The number of unbranched alkanes of at least 4 members (excludes halogenated alkanes) is 4. The Hall–Kier alpha value is -1.06. The summed E-state index contributed by atoms with van der Waals surface area (Å²) in [5.41, 5.74) is 0.254. The van der Waals surface area contributed by atoms with Crippen LogP contribution in [-0.2, 0) is 0 Å². The highest BCUT2D eigenvalue weighted by molar-refractivity contribution is 6.30. The van der Waals surface area contributed by atoms with Gasteiger partial charge in [0.25, 0.3) is 0 Å². The van der Waals surface area contributed by atoms with Gasteiger partial charge in [-0.2, -0.15) is 0 Å². The van der Waals surface area contributed by atoms with E-state index in [4.69, 9.17) is 16.7 Å². The molecule has 1 N–H and O–H groups in total. The van der Waals surface area contributed by atoms with Gasteiger partial charge in [0, 0.05) is 5.02 Å². The third-order valence-electron chi connectivity index (χ3n) is 5.04. The number of hydrogen-bond acceptors (Lipinski definition) is 1. The summed E-state index contributed by atoms with van der Waals surface area (Å²) in [5, 5.41) is 8.98. The number of hydrogen-bond donors (Lipinski definition) is 1. The largest absolute Gasteiger partial charge is 0.478 e. The van der Waals surface area contributed by atoms with Crippen molar-refractivity contribution in [3.05, 3.63) is 34.9 Å². The molecule has 0 bridgehead atoms. The molecule has 0 heterocycles. The van der Waals surface area contributed by atoms with Crippen molar-refractivity contribution < 1.29 is 14.4 Å². The quantitative estimate of drug-likeness (QED) is 0.361. The number of nitrogens with zero attached hydrogens (tertiary/aromatic N) is 1. The summed E-state index contributed by atoms with van der Waals surface area (Å²) in [4.78, 5) is 10.3. The van der Waals surface area contributed by atoms with E-state index in [9.17, 15) is 4.79 Å². The van der Waals surface area contributed by atoms with Crippen molar-refractivity contribution in [3.63, 3.8) is 0 Å². The number of carboxylic acid groups (broad SMARTS) is 1. The van der Waals surface area contributed by atoms with E-state index in [1.54, 1.807) is 12.1 Å². The third-order valence-corrected chi connectivity index (χ3v) is 5.29. The lowest BCUT2D eigenvalue weighted by Gasteiger charge is -2.39. The van der Waals surface area contributed by atoms with E-state index in [1.807, 2.05) is 0 Å². The van der Waals surface area contributed by atoms with Gasteiger partial charge in [-0.05, 0) is 49.9 Å². The van der Waals surface area contributed by atoms with Gasteiger partial charge in [0.2, 0.25) is 0 Å². The minimum absolute atomic E-state index is 0.254. The molecule has 0 unspecified atom stereocenters. The van der Waals surface area contributed by atoms with Crippen LogP contribution in [0.3, 0.4) is 0 Å². The molecule has 0 saturated carbocycles. The molecule has 0 saturated heterocycles. The average Bonchev–Trinajstić information content (AvgIpc) is 2.68. The second kappa shape index (κ2) is 15.9. The van der Waals surface area contributed by atoms with E-state index in [2.05, 4.69) is 27.7 Å². The van der Waals surface area contributed by atoms with E-state index in [-0.39, 0.29) is 5.56 Å². The van der Waals surface area contributed by atoms with Gasteiger partial charge in [-0.3, -0.25) is 0 Å². The fourth-order valence-electron chi connectivity index (χ4n) is 3.24. The molecular weight excluding hydrogens is 358 g/mol. The molecule has 3 nitrogen and oxygen atoms in total. The molecule has 0 spiro atoms. The molecule has 0 fully saturated rings. The molecule has 27 heavy (non-hydrogen) atoms. The molecule has 0 aliphatic carbocycles.